The zero-order valence-corrected chi connectivity index (χ0v) is 12.4. The summed E-state index contributed by atoms with van der Waals surface area (Å²) in [6.45, 7) is 0.678. The Bertz CT molecular complexity index is 723. The predicted molar refractivity (Wildman–Crippen MR) is 81.4 cm³/mol. The van der Waals surface area contributed by atoms with Gasteiger partial charge in [-0.25, -0.2) is 0 Å². The first-order chi connectivity index (χ1) is 10.1. The lowest BCUT2D eigenvalue weighted by atomic mass is 10.1. The van der Waals surface area contributed by atoms with Crippen LogP contribution in [0, 0.1) is 0 Å². The van der Waals surface area contributed by atoms with E-state index in [1.54, 1.807) is 10.6 Å². The SMILES string of the molecule is Cn1c(C(=O)N[C@H]2CCCNC2=O)cc2ccc(Cl)cc21. The minimum atomic E-state index is -0.451. The Morgan fingerprint density at radius 1 is 1.43 bits per heavy atom. The van der Waals surface area contributed by atoms with Gasteiger partial charge in [0.05, 0.1) is 0 Å². The highest BCUT2D eigenvalue weighted by Gasteiger charge is 2.25. The van der Waals surface area contributed by atoms with Crippen LogP contribution in [-0.2, 0) is 11.8 Å². The Balaban J connectivity index is 1.87. The van der Waals surface area contributed by atoms with Crippen LogP contribution in [0.4, 0.5) is 0 Å². The number of aromatic nitrogens is 1. The van der Waals surface area contributed by atoms with E-state index in [0.717, 1.165) is 17.3 Å². The van der Waals surface area contributed by atoms with E-state index < -0.39 is 6.04 Å². The molecule has 5 nitrogen and oxygen atoms in total. The number of hydrogen-bond acceptors (Lipinski definition) is 2. The second kappa shape index (κ2) is 5.41. The number of hydrogen-bond donors (Lipinski definition) is 2. The zero-order valence-electron chi connectivity index (χ0n) is 11.6. The molecule has 110 valence electrons. The Morgan fingerprint density at radius 3 is 3.00 bits per heavy atom. The zero-order chi connectivity index (χ0) is 15.0. The molecule has 1 saturated heterocycles. The van der Waals surface area contributed by atoms with Gasteiger partial charge in [0.1, 0.15) is 11.7 Å². The molecule has 1 atom stereocenters. The fraction of sp³-hybridized carbons (Fsp3) is 0.333. The smallest absolute Gasteiger partial charge is 0.268 e. The molecule has 0 saturated carbocycles. The average molecular weight is 306 g/mol. The summed E-state index contributed by atoms with van der Waals surface area (Å²) >= 11 is 5.99. The Labute approximate surface area is 127 Å². The minimum absolute atomic E-state index is 0.114. The molecule has 0 aliphatic carbocycles. The second-order valence-electron chi connectivity index (χ2n) is 5.25. The quantitative estimate of drug-likeness (QED) is 0.889. The topological polar surface area (TPSA) is 63.1 Å². The number of halogens is 1. The molecule has 3 rings (SSSR count). The fourth-order valence-corrected chi connectivity index (χ4v) is 2.83. The van der Waals surface area contributed by atoms with Crippen molar-refractivity contribution in [1.82, 2.24) is 15.2 Å². The first-order valence-electron chi connectivity index (χ1n) is 6.90. The molecule has 1 aliphatic rings. The van der Waals surface area contributed by atoms with Crippen molar-refractivity contribution < 1.29 is 9.59 Å². The van der Waals surface area contributed by atoms with E-state index >= 15 is 0 Å². The number of benzene rings is 1. The molecular formula is C15H16ClN3O2. The van der Waals surface area contributed by atoms with Gasteiger partial charge in [0.2, 0.25) is 5.91 Å². The molecule has 1 fully saturated rings. The van der Waals surface area contributed by atoms with Gasteiger partial charge in [0.15, 0.2) is 0 Å². The Morgan fingerprint density at radius 2 is 2.24 bits per heavy atom. The van der Waals surface area contributed by atoms with E-state index in [1.807, 2.05) is 25.2 Å². The van der Waals surface area contributed by atoms with E-state index in [0.29, 0.717) is 23.7 Å². The van der Waals surface area contributed by atoms with E-state index in [-0.39, 0.29) is 11.8 Å². The Kier molecular flexibility index (Phi) is 3.59. The molecule has 0 bridgehead atoms. The normalized spacial score (nSPS) is 18.6. The van der Waals surface area contributed by atoms with Crippen molar-refractivity contribution >= 4 is 34.3 Å². The lowest BCUT2D eigenvalue weighted by Crippen LogP contribution is -2.50. The third-order valence-corrected chi connectivity index (χ3v) is 4.07. The number of carbonyl (C=O) groups is 2. The van der Waals surface area contributed by atoms with Crippen LogP contribution in [0.15, 0.2) is 24.3 Å². The Hall–Kier alpha value is -2.01. The lowest BCUT2D eigenvalue weighted by molar-refractivity contribution is -0.124. The predicted octanol–water partition coefficient (Wildman–Crippen LogP) is 1.84. The van der Waals surface area contributed by atoms with Crippen LogP contribution in [-0.4, -0.2) is 29.0 Å². The first kappa shape index (κ1) is 13.9. The molecule has 2 amide bonds. The molecule has 21 heavy (non-hydrogen) atoms. The first-order valence-corrected chi connectivity index (χ1v) is 7.27. The molecule has 0 unspecified atom stereocenters. The number of fused-ring (bicyclic) bond motifs is 1. The maximum Gasteiger partial charge on any atom is 0.268 e. The van der Waals surface area contributed by atoms with Crippen molar-refractivity contribution in [2.45, 2.75) is 18.9 Å². The summed E-state index contributed by atoms with van der Waals surface area (Å²) in [6, 6.07) is 6.85. The molecule has 1 aromatic heterocycles. The molecular weight excluding hydrogens is 290 g/mol. The van der Waals surface area contributed by atoms with Crippen LogP contribution < -0.4 is 10.6 Å². The molecule has 1 aromatic carbocycles. The van der Waals surface area contributed by atoms with Crippen LogP contribution in [0.3, 0.4) is 0 Å². The second-order valence-corrected chi connectivity index (χ2v) is 5.69. The van der Waals surface area contributed by atoms with Gasteiger partial charge in [-0.15, -0.1) is 0 Å². The van der Waals surface area contributed by atoms with Crippen molar-refractivity contribution in [3.63, 3.8) is 0 Å². The average Bonchev–Trinajstić information content (AvgIpc) is 2.79. The van der Waals surface area contributed by atoms with Gasteiger partial charge in [-0.1, -0.05) is 17.7 Å². The summed E-state index contributed by atoms with van der Waals surface area (Å²) in [5.41, 5.74) is 1.41. The maximum atomic E-state index is 12.4. The van der Waals surface area contributed by atoms with Gasteiger partial charge < -0.3 is 15.2 Å². The van der Waals surface area contributed by atoms with E-state index in [1.165, 1.54) is 0 Å². The van der Waals surface area contributed by atoms with Crippen molar-refractivity contribution in [3.05, 3.63) is 35.0 Å². The molecule has 0 spiro atoms. The van der Waals surface area contributed by atoms with Gasteiger partial charge in [0, 0.05) is 29.5 Å². The van der Waals surface area contributed by atoms with Crippen LogP contribution >= 0.6 is 11.6 Å². The third-order valence-electron chi connectivity index (χ3n) is 3.83. The fourth-order valence-electron chi connectivity index (χ4n) is 2.66. The number of carbonyl (C=O) groups excluding carboxylic acids is 2. The van der Waals surface area contributed by atoms with Crippen LogP contribution in [0.25, 0.3) is 10.9 Å². The minimum Gasteiger partial charge on any atom is -0.354 e. The summed E-state index contributed by atoms with van der Waals surface area (Å²) in [6.07, 6.45) is 1.55. The molecule has 2 heterocycles. The highest BCUT2D eigenvalue weighted by atomic mass is 35.5. The molecule has 0 radical (unpaired) electrons. The number of nitrogens with zero attached hydrogens (tertiary/aromatic N) is 1. The number of aryl methyl sites for hydroxylation is 1. The number of nitrogens with one attached hydrogen (secondary N) is 2. The summed E-state index contributed by atoms with van der Waals surface area (Å²) in [5.74, 6) is -0.358. The van der Waals surface area contributed by atoms with Crippen LogP contribution in [0.2, 0.25) is 5.02 Å². The summed E-state index contributed by atoms with van der Waals surface area (Å²) in [4.78, 5) is 24.1. The van der Waals surface area contributed by atoms with E-state index in [2.05, 4.69) is 10.6 Å². The summed E-state index contributed by atoms with van der Waals surface area (Å²) < 4.78 is 1.79. The molecule has 1 aliphatic heterocycles. The van der Waals surface area contributed by atoms with Crippen molar-refractivity contribution in [2.24, 2.45) is 7.05 Å². The number of amides is 2. The summed E-state index contributed by atoms with van der Waals surface area (Å²) in [5, 5.41) is 7.13. The van der Waals surface area contributed by atoms with Gasteiger partial charge >= 0.3 is 0 Å². The largest absolute Gasteiger partial charge is 0.354 e. The van der Waals surface area contributed by atoms with Gasteiger partial charge in [-0.05, 0) is 31.0 Å². The van der Waals surface area contributed by atoms with E-state index in [9.17, 15) is 9.59 Å². The van der Waals surface area contributed by atoms with Crippen molar-refractivity contribution in [1.29, 1.82) is 0 Å². The molecule has 2 aromatic rings. The maximum absolute atomic E-state index is 12.4. The molecule has 6 heteroatoms. The third kappa shape index (κ3) is 2.61. The van der Waals surface area contributed by atoms with Crippen molar-refractivity contribution in [2.75, 3.05) is 6.54 Å². The highest BCUT2D eigenvalue weighted by molar-refractivity contribution is 6.31. The van der Waals surface area contributed by atoms with Crippen LogP contribution in [0.5, 0.6) is 0 Å². The molecule has 2 N–H and O–H groups in total. The number of rotatable bonds is 2. The van der Waals surface area contributed by atoms with Gasteiger partial charge in [-0.3, -0.25) is 9.59 Å². The van der Waals surface area contributed by atoms with Crippen molar-refractivity contribution in [3.8, 4) is 0 Å². The van der Waals surface area contributed by atoms with Gasteiger partial charge in [-0.2, -0.15) is 0 Å². The summed E-state index contributed by atoms with van der Waals surface area (Å²) in [7, 11) is 1.81. The highest BCUT2D eigenvalue weighted by Crippen LogP contribution is 2.22. The standard InChI is InChI=1S/C15H16ClN3O2/c1-19-12-8-10(16)5-4-9(12)7-13(19)15(21)18-11-3-2-6-17-14(11)20/h4-5,7-8,11H,2-3,6H2,1H3,(H,17,20)(H,18,21)/t11-/m0/s1. The van der Waals surface area contributed by atoms with Crippen LogP contribution in [0.1, 0.15) is 23.3 Å². The monoisotopic (exact) mass is 305 g/mol. The lowest BCUT2D eigenvalue weighted by Gasteiger charge is -2.22. The number of piperidine rings is 1. The van der Waals surface area contributed by atoms with Gasteiger partial charge in [0.25, 0.3) is 5.91 Å². The van der Waals surface area contributed by atoms with E-state index in [4.69, 9.17) is 11.6 Å².